The van der Waals surface area contributed by atoms with Crippen LogP contribution in [-0.2, 0) is 19.5 Å². The van der Waals surface area contributed by atoms with E-state index < -0.39 is 33.0 Å². The largest absolute Gasteiger partial charge is 0.465 e. The molecule has 2 N–H and O–H groups in total. The van der Waals surface area contributed by atoms with Gasteiger partial charge in [0, 0.05) is 24.1 Å². The first-order valence-electron chi connectivity index (χ1n) is 8.68. The highest BCUT2D eigenvalue weighted by Gasteiger charge is 2.27. The molecule has 2 rings (SSSR count). The molecule has 0 saturated carbocycles. The maximum Gasteiger partial charge on any atom is 0.413 e. The number of ether oxygens (including phenoxy) is 2. The van der Waals surface area contributed by atoms with Crippen LogP contribution in [0.3, 0.4) is 0 Å². The monoisotopic (exact) mass is 451 g/mol. The van der Waals surface area contributed by atoms with E-state index in [1.807, 2.05) is 0 Å². The highest BCUT2D eigenvalue weighted by molar-refractivity contribution is 7.90. The molecule has 12 nitrogen and oxygen atoms in total. The topological polar surface area (TPSA) is 157 Å². The number of methoxy groups -OCH3 is 2. The van der Waals surface area contributed by atoms with E-state index in [1.54, 1.807) is 24.6 Å². The van der Waals surface area contributed by atoms with Gasteiger partial charge in [-0.3, -0.25) is 10.2 Å². The van der Waals surface area contributed by atoms with Gasteiger partial charge in [0.25, 0.3) is 10.0 Å². The van der Waals surface area contributed by atoms with Gasteiger partial charge in [0.1, 0.15) is 4.90 Å². The number of amides is 3. The predicted octanol–water partition coefficient (Wildman–Crippen LogP) is 1.59. The highest BCUT2D eigenvalue weighted by Crippen LogP contribution is 2.24. The Balaban J connectivity index is 2.41. The van der Waals surface area contributed by atoms with Crippen molar-refractivity contribution in [2.75, 3.05) is 31.5 Å². The first-order valence-corrected chi connectivity index (χ1v) is 10.2. The third-order valence-corrected chi connectivity index (χ3v) is 5.30. The third-order valence-electron chi connectivity index (χ3n) is 3.93. The number of urea groups is 1. The van der Waals surface area contributed by atoms with Crippen LogP contribution in [0.5, 0.6) is 0 Å². The standard InChI is InChI=1S/C18H21N5O7S/c1-10-8-11(2)20-16(19-10)21-17(25)22-31(27,28)14-9-12(23(3)18(26)30-5)6-7-13(14)15(24)29-4/h6-9H,1-5H3,(H2,19,20,21,22,25). The molecular formula is C18H21N5O7S. The summed E-state index contributed by atoms with van der Waals surface area (Å²) in [6, 6.07) is 4.04. The number of anilines is 2. The van der Waals surface area contributed by atoms with Gasteiger partial charge in [0.2, 0.25) is 5.95 Å². The number of sulfonamides is 1. The molecule has 3 amide bonds. The molecule has 1 heterocycles. The van der Waals surface area contributed by atoms with Crippen LogP contribution in [0.2, 0.25) is 0 Å². The molecule has 166 valence electrons. The van der Waals surface area contributed by atoms with Gasteiger partial charge in [-0.1, -0.05) is 0 Å². The Morgan fingerprint density at radius 1 is 1.00 bits per heavy atom. The Hall–Kier alpha value is -3.74. The molecule has 2 aromatic rings. The van der Waals surface area contributed by atoms with Crippen LogP contribution in [0, 0.1) is 13.8 Å². The molecule has 0 aliphatic heterocycles. The molecule has 1 aromatic heterocycles. The smallest absolute Gasteiger partial charge is 0.413 e. The van der Waals surface area contributed by atoms with Crippen molar-refractivity contribution in [1.82, 2.24) is 14.7 Å². The van der Waals surface area contributed by atoms with Crippen LogP contribution in [0.4, 0.5) is 21.2 Å². The minimum atomic E-state index is -4.57. The summed E-state index contributed by atoms with van der Waals surface area (Å²) in [4.78, 5) is 44.5. The number of nitrogens with one attached hydrogen (secondary N) is 2. The van der Waals surface area contributed by atoms with E-state index in [2.05, 4.69) is 24.8 Å². The van der Waals surface area contributed by atoms with E-state index in [9.17, 15) is 22.8 Å². The van der Waals surface area contributed by atoms with Crippen molar-refractivity contribution in [3.05, 3.63) is 41.2 Å². The maximum atomic E-state index is 12.9. The van der Waals surface area contributed by atoms with Crippen LogP contribution in [0.1, 0.15) is 21.7 Å². The molecule has 13 heteroatoms. The molecule has 0 radical (unpaired) electrons. The summed E-state index contributed by atoms with van der Waals surface area (Å²) >= 11 is 0. The van der Waals surface area contributed by atoms with E-state index in [-0.39, 0.29) is 17.2 Å². The molecule has 1 aromatic carbocycles. The van der Waals surface area contributed by atoms with Crippen molar-refractivity contribution >= 4 is 39.8 Å². The van der Waals surface area contributed by atoms with Crippen molar-refractivity contribution in [2.45, 2.75) is 18.7 Å². The molecule has 0 spiro atoms. The summed E-state index contributed by atoms with van der Waals surface area (Å²) in [6.45, 7) is 3.36. The van der Waals surface area contributed by atoms with E-state index >= 15 is 0 Å². The lowest BCUT2D eigenvalue weighted by Crippen LogP contribution is -2.36. The first-order chi connectivity index (χ1) is 14.5. The fraction of sp³-hybridized carbons (Fsp3) is 0.278. The van der Waals surface area contributed by atoms with Crippen molar-refractivity contribution in [3.8, 4) is 0 Å². The Kier molecular flexibility index (Phi) is 7.12. The number of hydrogen-bond acceptors (Lipinski definition) is 9. The fourth-order valence-corrected chi connectivity index (χ4v) is 3.67. The number of nitrogens with zero attached hydrogens (tertiary/aromatic N) is 3. The lowest BCUT2D eigenvalue weighted by atomic mass is 10.2. The second-order valence-corrected chi connectivity index (χ2v) is 7.89. The van der Waals surface area contributed by atoms with E-state index in [0.717, 1.165) is 31.3 Å². The lowest BCUT2D eigenvalue weighted by molar-refractivity contribution is 0.0596. The van der Waals surface area contributed by atoms with Crippen molar-refractivity contribution in [1.29, 1.82) is 0 Å². The molecular weight excluding hydrogens is 430 g/mol. The number of hydrogen-bond donors (Lipinski definition) is 2. The first kappa shape index (κ1) is 23.5. The van der Waals surface area contributed by atoms with Gasteiger partial charge in [-0.25, -0.2) is 37.5 Å². The van der Waals surface area contributed by atoms with Gasteiger partial charge >= 0.3 is 18.1 Å². The van der Waals surface area contributed by atoms with Gasteiger partial charge in [-0.2, -0.15) is 0 Å². The molecule has 0 aliphatic carbocycles. The van der Waals surface area contributed by atoms with E-state index in [0.29, 0.717) is 11.4 Å². The Bertz CT molecular complexity index is 1110. The number of aromatic nitrogens is 2. The van der Waals surface area contributed by atoms with Gasteiger partial charge in [0.05, 0.1) is 19.8 Å². The molecule has 0 unspecified atom stereocenters. The highest BCUT2D eigenvalue weighted by atomic mass is 32.2. The molecule has 31 heavy (non-hydrogen) atoms. The lowest BCUT2D eigenvalue weighted by Gasteiger charge is -2.18. The zero-order chi connectivity index (χ0) is 23.3. The Morgan fingerprint density at radius 2 is 1.61 bits per heavy atom. The average Bonchev–Trinajstić information content (AvgIpc) is 2.70. The van der Waals surface area contributed by atoms with Gasteiger partial charge in [0.15, 0.2) is 0 Å². The van der Waals surface area contributed by atoms with Gasteiger partial charge in [-0.05, 0) is 38.1 Å². The number of rotatable bonds is 5. The van der Waals surface area contributed by atoms with Crippen molar-refractivity contribution in [2.24, 2.45) is 0 Å². The molecule has 0 atom stereocenters. The SMILES string of the molecule is COC(=O)c1ccc(N(C)C(=O)OC)cc1S(=O)(=O)NC(=O)Nc1nc(C)cc(C)n1. The molecule has 0 aliphatic rings. The predicted molar refractivity (Wildman–Crippen MR) is 109 cm³/mol. The maximum absolute atomic E-state index is 12.9. The molecule has 0 saturated heterocycles. The number of carbonyl (C=O) groups is 3. The van der Waals surface area contributed by atoms with E-state index in [4.69, 9.17) is 0 Å². The summed E-state index contributed by atoms with van der Waals surface area (Å²) in [5, 5.41) is 2.22. The second-order valence-electron chi connectivity index (χ2n) is 6.24. The normalized spacial score (nSPS) is 10.7. The van der Waals surface area contributed by atoms with Gasteiger partial charge in [-0.15, -0.1) is 0 Å². The zero-order valence-electron chi connectivity index (χ0n) is 17.4. The Morgan fingerprint density at radius 3 is 2.16 bits per heavy atom. The van der Waals surface area contributed by atoms with Crippen LogP contribution in [0.25, 0.3) is 0 Å². The van der Waals surface area contributed by atoms with Crippen LogP contribution < -0.4 is 14.9 Å². The summed E-state index contributed by atoms with van der Waals surface area (Å²) < 4.78 is 36.7. The number of aryl methyl sites for hydroxylation is 2. The number of benzene rings is 1. The van der Waals surface area contributed by atoms with Crippen LogP contribution >= 0.6 is 0 Å². The number of esters is 1. The number of carbonyl (C=O) groups excluding carboxylic acids is 3. The zero-order valence-corrected chi connectivity index (χ0v) is 18.2. The van der Waals surface area contributed by atoms with Crippen LogP contribution in [0.15, 0.2) is 29.2 Å². The fourth-order valence-electron chi connectivity index (χ4n) is 2.55. The average molecular weight is 451 g/mol. The summed E-state index contributed by atoms with van der Waals surface area (Å²) in [5.41, 5.74) is 0.889. The summed E-state index contributed by atoms with van der Waals surface area (Å²) in [5.74, 6) is -1.05. The van der Waals surface area contributed by atoms with Gasteiger partial charge < -0.3 is 9.47 Å². The minimum absolute atomic E-state index is 0.0953. The molecule has 0 fully saturated rings. The second kappa shape index (κ2) is 9.38. The summed E-state index contributed by atoms with van der Waals surface area (Å²) in [7, 11) is -1.00. The Labute approximate surface area is 178 Å². The van der Waals surface area contributed by atoms with Crippen molar-refractivity contribution < 1.29 is 32.3 Å². The quantitative estimate of drug-likeness (QED) is 0.644. The van der Waals surface area contributed by atoms with Crippen molar-refractivity contribution in [3.63, 3.8) is 0 Å². The van der Waals surface area contributed by atoms with E-state index in [1.165, 1.54) is 13.1 Å². The minimum Gasteiger partial charge on any atom is -0.465 e. The van der Waals surface area contributed by atoms with Crippen LogP contribution in [-0.4, -0.2) is 57.7 Å². The third kappa shape index (κ3) is 5.66. The summed E-state index contributed by atoms with van der Waals surface area (Å²) in [6.07, 6.45) is -0.771. The molecule has 0 bridgehead atoms.